The van der Waals surface area contributed by atoms with Gasteiger partial charge in [0.2, 0.25) is 0 Å². The van der Waals surface area contributed by atoms with E-state index in [1.807, 2.05) is 0 Å². The highest BCUT2D eigenvalue weighted by atomic mass is 16.3. The van der Waals surface area contributed by atoms with Crippen LogP contribution in [0.3, 0.4) is 0 Å². The highest BCUT2D eigenvalue weighted by Gasteiger charge is 2.26. The molecule has 0 aliphatic carbocycles. The summed E-state index contributed by atoms with van der Waals surface area (Å²) in [5.41, 5.74) is -1.11. The summed E-state index contributed by atoms with van der Waals surface area (Å²) in [6.45, 7) is -1.69. The summed E-state index contributed by atoms with van der Waals surface area (Å²) >= 11 is 0. The lowest BCUT2D eigenvalue weighted by Gasteiger charge is -2.23. The van der Waals surface area contributed by atoms with Crippen molar-refractivity contribution in [3.63, 3.8) is 0 Å². The second kappa shape index (κ2) is 19.0. The van der Waals surface area contributed by atoms with Crippen molar-refractivity contribution in [2.75, 3.05) is 52.9 Å². The minimum absolute atomic E-state index is 0.0938. The molecule has 0 unspecified atom stereocenters. The standard InChI is InChI=1S/C5H12O4.C3H8O2.C2H6O2/c6-1-5(2-7,3-8)4-9;4-2-1-3-5;3-1-2-4/h6-9H,1-4H2;4-5H,1-3H2;3-4H,1-2H2. The molecule has 0 bridgehead atoms. The first-order valence-corrected chi connectivity index (χ1v) is 5.44. The Hall–Kier alpha value is -0.320. The lowest BCUT2D eigenvalue weighted by molar-refractivity contribution is -0.0328. The summed E-state index contributed by atoms with van der Waals surface area (Å²) < 4.78 is 0. The maximum atomic E-state index is 8.50. The van der Waals surface area contributed by atoms with Crippen LogP contribution >= 0.6 is 0 Å². The van der Waals surface area contributed by atoms with Gasteiger partial charge in [0, 0.05) is 13.2 Å². The molecule has 18 heavy (non-hydrogen) atoms. The zero-order chi connectivity index (χ0) is 14.9. The molecule has 0 amide bonds. The topological polar surface area (TPSA) is 162 Å². The second-order valence-corrected chi connectivity index (χ2v) is 3.38. The van der Waals surface area contributed by atoms with E-state index in [0.717, 1.165) is 0 Å². The fourth-order valence-electron chi connectivity index (χ4n) is 0.371. The van der Waals surface area contributed by atoms with Gasteiger partial charge in [-0.15, -0.1) is 0 Å². The van der Waals surface area contributed by atoms with Gasteiger partial charge < -0.3 is 40.9 Å². The van der Waals surface area contributed by atoms with Crippen LogP contribution in [0.2, 0.25) is 0 Å². The van der Waals surface area contributed by atoms with Crippen LogP contribution in [0.15, 0.2) is 0 Å². The van der Waals surface area contributed by atoms with E-state index in [9.17, 15) is 0 Å². The van der Waals surface area contributed by atoms with Crippen molar-refractivity contribution in [1.82, 2.24) is 0 Å². The molecule has 0 heterocycles. The normalized spacial score (nSPS) is 10.0. The molecule has 0 aromatic rings. The number of hydrogen-bond acceptors (Lipinski definition) is 8. The lowest BCUT2D eigenvalue weighted by Crippen LogP contribution is -2.37. The molecule has 0 aliphatic heterocycles. The molecule has 0 aromatic carbocycles. The molecule has 114 valence electrons. The third-order valence-electron chi connectivity index (χ3n) is 1.76. The van der Waals surface area contributed by atoms with Crippen LogP contribution in [-0.2, 0) is 0 Å². The van der Waals surface area contributed by atoms with Gasteiger partial charge in [-0.05, 0) is 6.42 Å². The molecule has 0 fully saturated rings. The molecule has 0 aliphatic rings. The fraction of sp³-hybridized carbons (Fsp3) is 1.00. The Bertz CT molecular complexity index is 108. The zero-order valence-corrected chi connectivity index (χ0v) is 10.4. The summed E-state index contributed by atoms with van der Waals surface area (Å²) in [5.74, 6) is 0. The number of aliphatic hydroxyl groups is 8. The molecule has 0 radical (unpaired) electrons. The third kappa shape index (κ3) is 15.7. The lowest BCUT2D eigenvalue weighted by atomic mass is 9.93. The molecule has 0 saturated carbocycles. The molecule has 0 aromatic heterocycles. The van der Waals surface area contributed by atoms with Gasteiger partial charge in [-0.3, -0.25) is 0 Å². The summed E-state index contributed by atoms with van der Waals surface area (Å²) in [6.07, 6.45) is 0.500. The highest BCUT2D eigenvalue weighted by molar-refractivity contribution is 4.74. The Morgan fingerprint density at radius 3 is 0.722 bits per heavy atom. The van der Waals surface area contributed by atoms with Crippen molar-refractivity contribution in [3.05, 3.63) is 0 Å². The summed E-state index contributed by atoms with van der Waals surface area (Å²) in [6, 6.07) is 0. The summed E-state index contributed by atoms with van der Waals surface area (Å²) in [4.78, 5) is 0. The average molecular weight is 274 g/mol. The molecular weight excluding hydrogens is 248 g/mol. The van der Waals surface area contributed by atoms with Crippen LogP contribution < -0.4 is 0 Å². The SMILES string of the molecule is OCC(CO)(CO)CO.OCCCO.OCCO. The Balaban J connectivity index is -0.000000212. The van der Waals surface area contributed by atoms with Crippen molar-refractivity contribution in [3.8, 4) is 0 Å². The molecule has 8 N–H and O–H groups in total. The Morgan fingerprint density at radius 2 is 0.722 bits per heavy atom. The van der Waals surface area contributed by atoms with Gasteiger partial charge in [-0.2, -0.15) is 0 Å². The van der Waals surface area contributed by atoms with Crippen LogP contribution in [0.4, 0.5) is 0 Å². The minimum Gasteiger partial charge on any atom is -0.396 e. The van der Waals surface area contributed by atoms with Crippen LogP contribution in [0, 0.1) is 5.41 Å². The first-order chi connectivity index (χ1) is 8.57. The Morgan fingerprint density at radius 1 is 0.444 bits per heavy atom. The Labute approximate surface area is 106 Å². The summed E-state index contributed by atoms with van der Waals surface area (Å²) in [7, 11) is 0. The van der Waals surface area contributed by atoms with Crippen molar-refractivity contribution in [2.24, 2.45) is 5.41 Å². The van der Waals surface area contributed by atoms with E-state index >= 15 is 0 Å². The maximum absolute atomic E-state index is 8.50. The van der Waals surface area contributed by atoms with E-state index in [0.29, 0.717) is 6.42 Å². The number of hydrogen-bond donors (Lipinski definition) is 8. The monoisotopic (exact) mass is 274 g/mol. The van der Waals surface area contributed by atoms with Crippen molar-refractivity contribution >= 4 is 0 Å². The van der Waals surface area contributed by atoms with Crippen molar-refractivity contribution < 1.29 is 40.9 Å². The van der Waals surface area contributed by atoms with Gasteiger partial charge in [-0.1, -0.05) is 0 Å². The van der Waals surface area contributed by atoms with Gasteiger partial charge in [0.1, 0.15) is 0 Å². The first-order valence-electron chi connectivity index (χ1n) is 5.44. The largest absolute Gasteiger partial charge is 0.396 e. The second-order valence-electron chi connectivity index (χ2n) is 3.38. The van der Waals surface area contributed by atoms with Gasteiger partial charge in [0.05, 0.1) is 45.1 Å². The van der Waals surface area contributed by atoms with Gasteiger partial charge in [-0.25, -0.2) is 0 Å². The quantitative estimate of drug-likeness (QED) is 0.235. The molecule has 0 atom stereocenters. The average Bonchev–Trinajstić information content (AvgIpc) is 2.44. The first kappa shape index (κ1) is 22.8. The van der Waals surface area contributed by atoms with E-state index < -0.39 is 31.8 Å². The van der Waals surface area contributed by atoms with Crippen LogP contribution in [0.25, 0.3) is 0 Å². The molecule has 8 nitrogen and oxygen atoms in total. The van der Waals surface area contributed by atoms with Crippen molar-refractivity contribution in [2.45, 2.75) is 6.42 Å². The molecule has 8 heteroatoms. The predicted octanol–water partition coefficient (Wildman–Crippen LogP) is -3.73. The highest BCUT2D eigenvalue weighted by Crippen LogP contribution is 2.11. The zero-order valence-electron chi connectivity index (χ0n) is 10.4. The van der Waals surface area contributed by atoms with Gasteiger partial charge >= 0.3 is 0 Å². The Kier molecular flexibility index (Phi) is 24.1. The van der Waals surface area contributed by atoms with E-state index in [1.54, 1.807) is 0 Å². The van der Waals surface area contributed by atoms with Crippen LogP contribution in [0.5, 0.6) is 0 Å². The van der Waals surface area contributed by atoms with E-state index in [1.165, 1.54) is 0 Å². The van der Waals surface area contributed by atoms with Gasteiger partial charge in [0.25, 0.3) is 0 Å². The van der Waals surface area contributed by atoms with E-state index in [2.05, 4.69) is 0 Å². The van der Waals surface area contributed by atoms with Crippen LogP contribution in [0.1, 0.15) is 6.42 Å². The molecule has 0 rings (SSSR count). The minimum atomic E-state index is -1.11. The van der Waals surface area contributed by atoms with Crippen molar-refractivity contribution in [1.29, 1.82) is 0 Å². The van der Waals surface area contributed by atoms with E-state index in [-0.39, 0.29) is 26.4 Å². The molecular formula is C10H26O8. The third-order valence-corrected chi connectivity index (χ3v) is 1.76. The van der Waals surface area contributed by atoms with Crippen LogP contribution in [-0.4, -0.2) is 93.7 Å². The maximum Gasteiger partial charge on any atom is 0.0662 e. The molecule has 0 spiro atoms. The van der Waals surface area contributed by atoms with Gasteiger partial charge in [0.15, 0.2) is 0 Å². The number of rotatable bonds is 7. The number of aliphatic hydroxyl groups excluding tert-OH is 8. The van der Waals surface area contributed by atoms with E-state index in [4.69, 9.17) is 40.9 Å². The predicted molar refractivity (Wildman–Crippen MR) is 63.7 cm³/mol. The summed E-state index contributed by atoms with van der Waals surface area (Å²) in [5, 5.41) is 65.0. The fourth-order valence-corrected chi connectivity index (χ4v) is 0.371. The smallest absolute Gasteiger partial charge is 0.0662 e. The molecule has 0 saturated heterocycles.